The first-order valence-electron chi connectivity index (χ1n) is 8.86. The molecular weight excluding hydrogens is 254 g/mol. The molecule has 0 radical (unpaired) electrons. The number of hydrogen-bond donors (Lipinski definition) is 0. The second-order valence-electron chi connectivity index (χ2n) is 6.00. The molecule has 0 atom stereocenters. The smallest absolute Gasteiger partial charge is 0.0512 e. The predicted molar refractivity (Wildman–Crippen MR) is 93.8 cm³/mol. The number of rotatable bonds is 2. The summed E-state index contributed by atoms with van der Waals surface area (Å²) >= 11 is 0. The van der Waals surface area contributed by atoms with Gasteiger partial charge in [-0.3, -0.25) is 0 Å². The first-order valence-corrected chi connectivity index (χ1v) is 8.86. The van der Waals surface area contributed by atoms with E-state index in [4.69, 9.17) is 0 Å². The van der Waals surface area contributed by atoms with Crippen LogP contribution >= 0.6 is 0 Å². The summed E-state index contributed by atoms with van der Waals surface area (Å²) in [6, 6.07) is 0. The molecule has 0 amide bonds. The Kier molecular flexibility index (Phi) is 5.90. The van der Waals surface area contributed by atoms with Crippen LogP contribution in [0.3, 0.4) is 0 Å². The highest BCUT2D eigenvalue weighted by molar-refractivity contribution is 5.56. The van der Waals surface area contributed by atoms with E-state index in [9.17, 15) is 0 Å². The van der Waals surface area contributed by atoms with E-state index < -0.39 is 0 Å². The molecule has 1 saturated carbocycles. The molecule has 2 heterocycles. The molecule has 3 rings (SSSR count). The highest BCUT2D eigenvalue weighted by atomic mass is 15.0. The molecule has 1 aromatic rings. The van der Waals surface area contributed by atoms with Crippen molar-refractivity contribution in [3.63, 3.8) is 0 Å². The largest absolute Gasteiger partial charge is 0.347 e. The summed E-state index contributed by atoms with van der Waals surface area (Å²) in [5.41, 5.74) is 3.06. The van der Waals surface area contributed by atoms with Gasteiger partial charge in [0.05, 0.1) is 5.35 Å². The molecule has 0 N–H and O–H groups in total. The van der Waals surface area contributed by atoms with E-state index in [1.807, 2.05) is 13.8 Å². The molecule has 0 saturated heterocycles. The number of nitrogens with zero attached hydrogens (tertiary/aromatic N) is 1. The molecule has 116 valence electrons. The van der Waals surface area contributed by atoms with Crippen LogP contribution < -0.4 is 10.6 Å². The van der Waals surface area contributed by atoms with E-state index in [-0.39, 0.29) is 0 Å². The quantitative estimate of drug-likeness (QED) is 0.754. The van der Waals surface area contributed by atoms with E-state index in [0.29, 0.717) is 0 Å². The molecule has 1 nitrogen and oxygen atoms in total. The van der Waals surface area contributed by atoms with E-state index in [0.717, 1.165) is 5.92 Å². The summed E-state index contributed by atoms with van der Waals surface area (Å²) < 4.78 is 2.49. The van der Waals surface area contributed by atoms with Gasteiger partial charge < -0.3 is 4.57 Å². The van der Waals surface area contributed by atoms with Crippen LogP contribution in [0.5, 0.6) is 0 Å². The molecule has 0 aromatic carbocycles. The fraction of sp³-hybridized carbons (Fsp3) is 0.600. The summed E-state index contributed by atoms with van der Waals surface area (Å²) in [4.78, 5) is 0. The maximum Gasteiger partial charge on any atom is 0.0512 e. The van der Waals surface area contributed by atoms with Gasteiger partial charge in [-0.05, 0) is 54.9 Å². The lowest BCUT2D eigenvalue weighted by Crippen LogP contribution is -2.35. The Hall–Kier alpha value is -1.24. The van der Waals surface area contributed by atoms with Gasteiger partial charge in [-0.2, -0.15) is 0 Å². The highest BCUT2D eigenvalue weighted by Crippen LogP contribution is 2.31. The minimum Gasteiger partial charge on any atom is -0.347 e. The molecular formula is C20H31N. The Labute approximate surface area is 130 Å². The maximum atomic E-state index is 4.02. The fourth-order valence-electron chi connectivity index (χ4n) is 3.93. The van der Waals surface area contributed by atoms with E-state index in [1.54, 1.807) is 5.56 Å². The first-order chi connectivity index (χ1) is 10.3. The second-order valence-corrected chi connectivity index (χ2v) is 6.00. The van der Waals surface area contributed by atoms with Crippen LogP contribution in [0.4, 0.5) is 0 Å². The zero-order chi connectivity index (χ0) is 15.2. The van der Waals surface area contributed by atoms with Gasteiger partial charge in [0.1, 0.15) is 0 Å². The van der Waals surface area contributed by atoms with Gasteiger partial charge in [-0.1, -0.05) is 51.8 Å². The predicted octanol–water partition coefficient (Wildman–Crippen LogP) is 4.49. The monoisotopic (exact) mass is 285 g/mol. The summed E-state index contributed by atoms with van der Waals surface area (Å²) in [5, 5.41) is 2.96. The molecule has 0 unspecified atom stereocenters. The molecule has 0 bridgehead atoms. The molecule has 1 aliphatic carbocycles. The van der Waals surface area contributed by atoms with Crippen LogP contribution in [-0.2, 0) is 6.54 Å². The van der Waals surface area contributed by atoms with Crippen molar-refractivity contribution in [2.75, 3.05) is 0 Å². The van der Waals surface area contributed by atoms with Crippen molar-refractivity contribution in [2.45, 2.75) is 78.2 Å². The molecule has 21 heavy (non-hydrogen) atoms. The molecule has 1 heteroatoms. The first kappa shape index (κ1) is 16.1. The van der Waals surface area contributed by atoms with E-state index >= 15 is 0 Å². The van der Waals surface area contributed by atoms with Crippen molar-refractivity contribution >= 4 is 11.6 Å². The fourth-order valence-corrected chi connectivity index (χ4v) is 3.93. The SMILES string of the molecule is C=CC1=c2/c(=C\C)c(C3CCCCC3)cn2CCC1.CC. The van der Waals surface area contributed by atoms with Gasteiger partial charge in [0.25, 0.3) is 0 Å². The average molecular weight is 285 g/mol. The summed E-state index contributed by atoms with van der Waals surface area (Å²) in [7, 11) is 0. The van der Waals surface area contributed by atoms with Crippen LogP contribution in [0.1, 0.15) is 77.2 Å². The van der Waals surface area contributed by atoms with Gasteiger partial charge in [0, 0.05) is 12.7 Å². The van der Waals surface area contributed by atoms with E-state index in [2.05, 4.69) is 36.4 Å². The van der Waals surface area contributed by atoms with Gasteiger partial charge in [-0.15, -0.1) is 0 Å². The van der Waals surface area contributed by atoms with Crippen LogP contribution in [-0.4, -0.2) is 4.57 Å². The third kappa shape index (κ3) is 3.17. The van der Waals surface area contributed by atoms with Crippen molar-refractivity contribution < 1.29 is 0 Å². The van der Waals surface area contributed by atoms with Crippen LogP contribution in [0.25, 0.3) is 11.6 Å². The van der Waals surface area contributed by atoms with Gasteiger partial charge in [0.15, 0.2) is 0 Å². The molecule has 2 aliphatic rings. The third-order valence-electron chi connectivity index (χ3n) is 4.88. The Bertz CT molecular complexity index is 582. The molecule has 0 spiro atoms. The minimum atomic E-state index is 0.795. The highest BCUT2D eigenvalue weighted by Gasteiger charge is 2.20. The van der Waals surface area contributed by atoms with Crippen LogP contribution in [0, 0.1) is 0 Å². The number of aryl methyl sites for hydroxylation is 1. The Morgan fingerprint density at radius 1 is 1.14 bits per heavy atom. The van der Waals surface area contributed by atoms with Crippen molar-refractivity contribution in [3.05, 3.63) is 35.0 Å². The van der Waals surface area contributed by atoms with Gasteiger partial charge >= 0.3 is 0 Å². The second kappa shape index (κ2) is 7.68. The lowest BCUT2D eigenvalue weighted by Gasteiger charge is -2.20. The number of fused-ring (bicyclic) bond motifs is 1. The van der Waals surface area contributed by atoms with Crippen molar-refractivity contribution in [1.29, 1.82) is 0 Å². The summed E-state index contributed by atoms with van der Waals surface area (Å²) in [5.74, 6) is 0.795. The Balaban J connectivity index is 0.000000774. The summed E-state index contributed by atoms with van der Waals surface area (Å²) in [6.45, 7) is 11.4. The van der Waals surface area contributed by atoms with Crippen molar-refractivity contribution in [1.82, 2.24) is 4.57 Å². The van der Waals surface area contributed by atoms with Gasteiger partial charge in [-0.25, -0.2) is 0 Å². The van der Waals surface area contributed by atoms with Crippen LogP contribution in [0.2, 0.25) is 0 Å². The average Bonchev–Trinajstić information content (AvgIpc) is 2.96. The van der Waals surface area contributed by atoms with Crippen molar-refractivity contribution in [3.8, 4) is 0 Å². The third-order valence-corrected chi connectivity index (χ3v) is 4.88. The lowest BCUT2D eigenvalue weighted by atomic mass is 9.84. The molecule has 1 aliphatic heterocycles. The lowest BCUT2D eigenvalue weighted by molar-refractivity contribution is 0.442. The Morgan fingerprint density at radius 3 is 2.48 bits per heavy atom. The topological polar surface area (TPSA) is 4.93 Å². The van der Waals surface area contributed by atoms with Crippen LogP contribution in [0.15, 0.2) is 18.9 Å². The molecule has 1 aromatic heterocycles. The Morgan fingerprint density at radius 2 is 1.86 bits per heavy atom. The zero-order valence-corrected chi connectivity index (χ0v) is 14.1. The number of hydrogen-bond acceptors (Lipinski definition) is 0. The van der Waals surface area contributed by atoms with Gasteiger partial charge in [0.2, 0.25) is 0 Å². The van der Waals surface area contributed by atoms with Crippen molar-refractivity contribution in [2.24, 2.45) is 0 Å². The normalized spacial score (nSPS) is 19.8. The van der Waals surface area contributed by atoms with E-state index in [1.165, 1.54) is 67.6 Å². The maximum absolute atomic E-state index is 4.02. The standard InChI is InChI=1S/C18H25N.C2H6/c1-3-14-11-8-12-19-13-17(16(4-2)18(14)19)15-9-6-5-7-10-15;1-2/h3-4,13,15H,1,5-12H2,2H3;1-2H3/b16-4-;. The summed E-state index contributed by atoms with van der Waals surface area (Å²) in [6.07, 6.45) is 16.3. The zero-order valence-electron chi connectivity index (χ0n) is 14.1. The number of allylic oxidation sites excluding steroid dienone is 1. The minimum absolute atomic E-state index is 0.795. The number of aromatic nitrogens is 1. The molecule has 1 fully saturated rings.